The first-order valence-electron chi connectivity index (χ1n) is 10.9. The van der Waals surface area contributed by atoms with E-state index in [0.717, 1.165) is 24.3 Å². The van der Waals surface area contributed by atoms with Gasteiger partial charge in [0.15, 0.2) is 0 Å². The molecule has 0 aliphatic heterocycles. The summed E-state index contributed by atoms with van der Waals surface area (Å²) in [4.78, 5) is 0. The lowest BCUT2D eigenvalue weighted by atomic mass is 9.78. The van der Waals surface area contributed by atoms with Gasteiger partial charge in [-0.05, 0) is 61.7 Å². The fraction of sp³-hybridized carbons (Fsp3) is 0.308. The average Bonchev–Trinajstić information content (AvgIpc) is 2.78. The molecule has 0 heterocycles. The molecule has 10 heteroatoms. The molecule has 3 nitrogen and oxygen atoms in total. The number of benzene rings is 3. The molecule has 3 aromatic carbocycles. The number of hydrogen-bond donors (Lipinski definition) is 1. The first-order valence-corrected chi connectivity index (χ1v) is 12.0. The van der Waals surface area contributed by atoms with E-state index in [1.807, 2.05) is 0 Å². The molecule has 194 valence electrons. The van der Waals surface area contributed by atoms with E-state index in [0.29, 0.717) is 17.2 Å². The molecule has 3 rings (SSSR count). The predicted molar refractivity (Wildman–Crippen MR) is 126 cm³/mol. The second-order valence-corrected chi connectivity index (χ2v) is 11.2. The molecule has 0 saturated carbocycles. The molecule has 0 bridgehead atoms. The van der Waals surface area contributed by atoms with Gasteiger partial charge in [-0.1, -0.05) is 42.5 Å². The second-order valence-electron chi connectivity index (χ2n) is 9.20. The summed E-state index contributed by atoms with van der Waals surface area (Å²) in [5.41, 5.74) is -0.573. The van der Waals surface area contributed by atoms with E-state index in [1.165, 1.54) is 12.1 Å². The van der Waals surface area contributed by atoms with Crippen LogP contribution in [0.25, 0.3) is 0 Å². The Labute approximate surface area is 208 Å². The van der Waals surface area contributed by atoms with Gasteiger partial charge in [0.2, 0.25) is 0 Å². The molecule has 1 N–H and O–H groups in total. The summed E-state index contributed by atoms with van der Waals surface area (Å²) in [7, 11) is 0. The van der Waals surface area contributed by atoms with Crippen molar-refractivity contribution in [3.8, 4) is 5.75 Å². The third-order valence-corrected chi connectivity index (χ3v) is 6.99. The van der Waals surface area contributed by atoms with Crippen molar-refractivity contribution in [2.24, 2.45) is 0 Å². The van der Waals surface area contributed by atoms with Gasteiger partial charge in [0, 0.05) is 23.8 Å². The van der Waals surface area contributed by atoms with Gasteiger partial charge in [-0.2, -0.15) is 17.6 Å². The van der Waals surface area contributed by atoms with Crippen LogP contribution in [0.3, 0.4) is 0 Å². The minimum Gasteiger partial charge on any atom is -0.598 e. The smallest absolute Gasteiger partial charge is 0.461 e. The van der Waals surface area contributed by atoms with Crippen LogP contribution in [0.4, 0.5) is 26.3 Å². The molecule has 2 atom stereocenters. The van der Waals surface area contributed by atoms with Gasteiger partial charge in [0.1, 0.15) is 27.7 Å². The molecule has 0 aromatic heterocycles. The van der Waals surface area contributed by atoms with Crippen molar-refractivity contribution in [3.05, 3.63) is 101 Å². The molecule has 0 saturated heterocycles. The summed E-state index contributed by atoms with van der Waals surface area (Å²) >= 11 is -1.80. The van der Waals surface area contributed by atoms with E-state index in [-0.39, 0.29) is 12.0 Å². The summed E-state index contributed by atoms with van der Waals surface area (Å²) < 4.78 is 101. The first kappa shape index (κ1) is 27.9. The summed E-state index contributed by atoms with van der Waals surface area (Å²) in [6.07, 6.45) is -9.00. The molecule has 0 fully saturated rings. The molecule has 0 aliphatic carbocycles. The first-order chi connectivity index (χ1) is 16.7. The highest BCUT2D eigenvalue weighted by atomic mass is 32.2. The Kier molecular flexibility index (Phi) is 8.32. The Morgan fingerprint density at radius 3 is 2.03 bits per heavy atom. The second kappa shape index (κ2) is 10.7. The standard InChI is InChI=1S/C26H25F6NO2S/c1-24(2,3)36(34)33-25(16-17-7-5-4-6-8-17,18-9-11-20(27)12-10-18)19-13-21(28)15-22(14-19)35-26(31,32)23(29)30/h4-15,23,33H,16H2,1-3H3/t25-,36+/m0/s1. The highest BCUT2D eigenvalue weighted by Crippen LogP contribution is 2.39. The minimum absolute atomic E-state index is 0.0232. The predicted octanol–water partition coefficient (Wildman–Crippen LogP) is 6.74. The maximum Gasteiger partial charge on any atom is 0.461 e. The zero-order valence-electron chi connectivity index (χ0n) is 19.7. The van der Waals surface area contributed by atoms with E-state index in [9.17, 15) is 30.9 Å². The zero-order valence-corrected chi connectivity index (χ0v) is 20.5. The van der Waals surface area contributed by atoms with Gasteiger partial charge in [-0.25, -0.2) is 8.78 Å². The SMILES string of the molecule is CC(C)(C)[S@@+]([O-])N[C@@](Cc1ccccc1)(c1ccc(F)cc1)c1cc(F)cc(OC(F)(F)C(F)F)c1. The average molecular weight is 530 g/mol. The largest absolute Gasteiger partial charge is 0.598 e. The number of rotatable bonds is 9. The molecular formula is C26H25F6NO2S. The van der Waals surface area contributed by atoms with Crippen molar-refractivity contribution < 1.29 is 35.6 Å². The molecule has 0 aliphatic rings. The third-order valence-electron chi connectivity index (χ3n) is 5.34. The van der Waals surface area contributed by atoms with Crippen LogP contribution in [0, 0.1) is 11.6 Å². The van der Waals surface area contributed by atoms with E-state index in [1.54, 1.807) is 51.1 Å². The highest BCUT2D eigenvalue weighted by Gasteiger charge is 2.46. The van der Waals surface area contributed by atoms with Crippen molar-refractivity contribution in [1.82, 2.24) is 4.72 Å². The fourth-order valence-electron chi connectivity index (χ4n) is 3.54. The topological polar surface area (TPSA) is 44.3 Å². The van der Waals surface area contributed by atoms with Crippen molar-refractivity contribution in [1.29, 1.82) is 0 Å². The Hall–Kier alpha value is -2.69. The highest BCUT2D eigenvalue weighted by molar-refractivity contribution is 7.90. The number of nitrogens with one attached hydrogen (secondary N) is 1. The van der Waals surface area contributed by atoms with Gasteiger partial charge in [0.05, 0.1) is 0 Å². The van der Waals surface area contributed by atoms with Crippen LogP contribution >= 0.6 is 0 Å². The minimum atomic E-state index is -4.87. The third kappa shape index (κ3) is 6.54. The Morgan fingerprint density at radius 2 is 1.47 bits per heavy atom. The summed E-state index contributed by atoms with van der Waals surface area (Å²) in [6, 6.07) is 16.4. The van der Waals surface area contributed by atoms with Gasteiger partial charge in [-0.3, -0.25) is 0 Å². The molecular weight excluding hydrogens is 504 g/mol. The van der Waals surface area contributed by atoms with Crippen LogP contribution in [0.15, 0.2) is 72.8 Å². The number of hydrogen-bond acceptors (Lipinski definition) is 3. The van der Waals surface area contributed by atoms with E-state index in [4.69, 9.17) is 0 Å². The van der Waals surface area contributed by atoms with Crippen LogP contribution in [0.5, 0.6) is 5.75 Å². The van der Waals surface area contributed by atoms with Crippen LogP contribution in [0.2, 0.25) is 0 Å². The Morgan fingerprint density at radius 1 is 0.861 bits per heavy atom. The number of ether oxygens (including phenoxy) is 1. The number of halogens is 6. The lowest BCUT2D eigenvalue weighted by molar-refractivity contribution is -0.253. The van der Waals surface area contributed by atoms with Crippen molar-refractivity contribution >= 4 is 11.4 Å². The molecule has 0 spiro atoms. The van der Waals surface area contributed by atoms with E-state index in [2.05, 4.69) is 9.46 Å². The van der Waals surface area contributed by atoms with Crippen LogP contribution in [0.1, 0.15) is 37.5 Å². The van der Waals surface area contributed by atoms with Crippen molar-refractivity contribution in [3.63, 3.8) is 0 Å². The molecule has 36 heavy (non-hydrogen) atoms. The van der Waals surface area contributed by atoms with E-state index >= 15 is 0 Å². The zero-order chi connectivity index (χ0) is 26.7. The van der Waals surface area contributed by atoms with Gasteiger partial charge < -0.3 is 9.29 Å². The Bertz CT molecular complexity index is 1160. The quantitative estimate of drug-likeness (QED) is 0.247. The lowest BCUT2D eigenvalue weighted by Gasteiger charge is -2.39. The summed E-state index contributed by atoms with van der Waals surface area (Å²) in [5, 5.41) is 0. The normalized spacial score (nSPS) is 15.0. The molecule has 0 unspecified atom stereocenters. The Balaban J connectivity index is 2.28. The monoisotopic (exact) mass is 529 g/mol. The van der Waals surface area contributed by atoms with Crippen LogP contribution < -0.4 is 9.46 Å². The summed E-state index contributed by atoms with van der Waals surface area (Å²) in [5.74, 6) is -2.46. The molecule has 3 aromatic rings. The van der Waals surface area contributed by atoms with Gasteiger partial charge in [0.25, 0.3) is 0 Å². The molecule has 0 amide bonds. The fourth-order valence-corrected chi connectivity index (χ4v) is 4.47. The lowest BCUT2D eigenvalue weighted by Crippen LogP contribution is -2.53. The van der Waals surface area contributed by atoms with Crippen LogP contribution in [-0.2, 0) is 23.3 Å². The van der Waals surface area contributed by atoms with Crippen molar-refractivity contribution in [2.45, 2.75) is 50.0 Å². The van der Waals surface area contributed by atoms with Crippen molar-refractivity contribution in [2.75, 3.05) is 0 Å². The maximum atomic E-state index is 14.7. The maximum absolute atomic E-state index is 14.7. The van der Waals surface area contributed by atoms with Gasteiger partial charge in [-0.15, -0.1) is 4.72 Å². The van der Waals surface area contributed by atoms with E-state index < -0.39 is 51.6 Å². The van der Waals surface area contributed by atoms with Gasteiger partial charge >= 0.3 is 12.5 Å². The number of alkyl halides is 4. The van der Waals surface area contributed by atoms with Crippen LogP contribution in [-0.4, -0.2) is 21.8 Å². The molecule has 0 radical (unpaired) electrons. The summed E-state index contributed by atoms with van der Waals surface area (Å²) in [6.45, 7) is 5.08.